The van der Waals surface area contributed by atoms with Crippen LogP contribution in [0.15, 0.2) is 11.6 Å². The van der Waals surface area contributed by atoms with Crippen LogP contribution in [0.1, 0.15) is 19.5 Å². The van der Waals surface area contributed by atoms with E-state index >= 15 is 0 Å². The SMILES string of the molecule is CCOC(=O)/C(C)=C/c1nc(-c2nn(C)c(OC(F)F)c2Cl)c(F)cc1Cl. The first-order chi connectivity index (χ1) is 12.6. The highest BCUT2D eigenvalue weighted by Crippen LogP contribution is 2.36. The predicted molar refractivity (Wildman–Crippen MR) is 93.3 cm³/mol. The summed E-state index contributed by atoms with van der Waals surface area (Å²) in [6.45, 7) is 0.158. The second-order valence-electron chi connectivity index (χ2n) is 5.20. The molecule has 146 valence electrons. The summed E-state index contributed by atoms with van der Waals surface area (Å²) < 4.78 is 49.4. The Morgan fingerprint density at radius 3 is 2.63 bits per heavy atom. The second-order valence-corrected chi connectivity index (χ2v) is 5.99. The molecule has 6 nitrogen and oxygen atoms in total. The Bertz CT molecular complexity index is 901. The van der Waals surface area contributed by atoms with E-state index in [9.17, 15) is 18.0 Å². The third-order valence-electron chi connectivity index (χ3n) is 3.27. The number of aromatic nitrogens is 3. The molecule has 0 saturated heterocycles. The van der Waals surface area contributed by atoms with Gasteiger partial charge in [-0.15, -0.1) is 0 Å². The van der Waals surface area contributed by atoms with Gasteiger partial charge >= 0.3 is 12.6 Å². The van der Waals surface area contributed by atoms with E-state index in [2.05, 4.69) is 14.8 Å². The molecule has 11 heteroatoms. The molecule has 0 atom stereocenters. The summed E-state index contributed by atoms with van der Waals surface area (Å²) >= 11 is 12.0. The standard InChI is InChI=1S/C16H14Cl2F3N3O3/c1-4-26-15(25)7(2)5-10-8(17)6-9(19)12(22-10)13-11(18)14(24(3)23-13)27-16(20)21/h5-6,16H,4H2,1-3H3/b7-5+. The van der Waals surface area contributed by atoms with Crippen molar-refractivity contribution in [2.24, 2.45) is 7.05 Å². The van der Waals surface area contributed by atoms with Crippen molar-refractivity contribution in [3.05, 3.63) is 33.2 Å². The second kappa shape index (κ2) is 8.62. The van der Waals surface area contributed by atoms with Gasteiger partial charge in [0.2, 0.25) is 5.88 Å². The van der Waals surface area contributed by atoms with E-state index in [1.165, 1.54) is 20.0 Å². The number of nitrogens with zero attached hydrogens (tertiary/aromatic N) is 3. The van der Waals surface area contributed by atoms with Crippen molar-refractivity contribution in [3.8, 4) is 17.3 Å². The third kappa shape index (κ3) is 4.72. The zero-order valence-corrected chi connectivity index (χ0v) is 15.9. The van der Waals surface area contributed by atoms with Crippen LogP contribution in [-0.2, 0) is 16.6 Å². The summed E-state index contributed by atoms with van der Waals surface area (Å²) in [5, 5.41) is 3.46. The van der Waals surface area contributed by atoms with Crippen molar-refractivity contribution in [1.82, 2.24) is 14.8 Å². The molecule has 0 fully saturated rings. The molecule has 0 amide bonds. The maximum absolute atomic E-state index is 14.4. The zero-order valence-electron chi connectivity index (χ0n) is 14.4. The molecule has 0 aromatic carbocycles. The highest BCUT2D eigenvalue weighted by molar-refractivity contribution is 6.34. The number of esters is 1. The summed E-state index contributed by atoms with van der Waals surface area (Å²) in [5.41, 5.74) is -0.325. The average molecular weight is 424 g/mol. The Labute approximate surface area is 162 Å². The van der Waals surface area contributed by atoms with Crippen LogP contribution >= 0.6 is 23.2 Å². The van der Waals surface area contributed by atoms with Crippen LogP contribution < -0.4 is 4.74 Å². The maximum atomic E-state index is 14.4. The summed E-state index contributed by atoms with van der Waals surface area (Å²) in [6, 6.07) is 0.951. The van der Waals surface area contributed by atoms with E-state index in [1.54, 1.807) is 6.92 Å². The van der Waals surface area contributed by atoms with Crippen molar-refractivity contribution in [3.63, 3.8) is 0 Å². The number of hydrogen-bond acceptors (Lipinski definition) is 5. The zero-order chi connectivity index (χ0) is 20.3. The van der Waals surface area contributed by atoms with E-state index in [4.69, 9.17) is 27.9 Å². The van der Waals surface area contributed by atoms with Crippen LogP contribution in [0, 0.1) is 5.82 Å². The Balaban J connectivity index is 2.54. The fourth-order valence-electron chi connectivity index (χ4n) is 2.10. The molecule has 0 unspecified atom stereocenters. The first-order valence-corrected chi connectivity index (χ1v) is 8.30. The largest absolute Gasteiger partial charge is 0.463 e. The van der Waals surface area contributed by atoms with Gasteiger partial charge in [-0.1, -0.05) is 23.2 Å². The van der Waals surface area contributed by atoms with E-state index in [0.717, 1.165) is 10.7 Å². The summed E-state index contributed by atoms with van der Waals surface area (Å²) in [7, 11) is 1.30. The minimum absolute atomic E-state index is 0.0525. The number of aryl methyl sites for hydroxylation is 1. The third-order valence-corrected chi connectivity index (χ3v) is 3.92. The molecule has 2 rings (SSSR count). The van der Waals surface area contributed by atoms with E-state index in [1.807, 2.05) is 0 Å². The van der Waals surface area contributed by atoms with Crippen molar-refractivity contribution >= 4 is 35.2 Å². The molecule has 2 aromatic heterocycles. The first-order valence-electron chi connectivity index (χ1n) is 7.54. The molecular formula is C16H14Cl2F3N3O3. The van der Waals surface area contributed by atoms with Gasteiger partial charge in [-0.2, -0.15) is 13.9 Å². The number of rotatable bonds is 6. The molecule has 0 aliphatic rings. The van der Waals surface area contributed by atoms with E-state index < -0.39 is 24.3 Å². The lowest BCUT2D eigenvalue weighted by molar-refractivity contribution is -0.138. The molecule has 0 aliphatic heterocycles. The van der Waals surface area contributed by atoms with Gasteiger partial charge in [0.25, 0.3) is 0 Å². The molecule has 0 saturated carbocycles. The van der Waals surface area contributed by atoms with Gasteiger partial charge in [-0.05, 0) is 26.0 Å². The number of pyridine rings is 1. The van der Waals surface area contributed by atoms with Gasteiger partial charge in [0, 0.05) is 12.6 Å². The minimum atomic E-state index is -3.14. The van der Waals surface area contributed by atoms with E-state index in [-0.39, 0.29) is 39.3 Å². The van der Waals surface area contributed by atoms with Crippen LogP contribution in [-0.4, -0.2) is 34.0 Å². The molecule has 0 N–H and O–H groups in total. The van der Waals surface area contributed by atoms with Crippen molar-refractivity contribution in [1.29, 1.82) is 0 Å². The molecule has 27 heavy (non-hydrogen) atoms. The van der Waals surface area contributed by atoms with Crippen LogP contribution in [0.25, 0.3) is 17.5 Å². The Morgan fingerprint density at radius 2 is 2.04 bits per heavy atom. The monoisotopic (exact) mass is 423 g/mol. The predicted octanol–water partition coefficient (Wildman–Crippen LogP) is 4.50. The van der Waals surface area contributed by atoms with Gasteiger partial charge < -0.3 is 9.47 Å². The van der Waals surface area contributed by atoms with Gasteiger partial charge in [0.15, 0.2) is 5.82 Å². The molecular weight excluding hydrogens is 410 g/mol. The van der Waals surface area contributed by atoms with Gasteiger partial charge in [0.05, 0.1) is 17.3 Å². The van der Waals surface area contributed by atoms with Gasteiger partial charge in [-0.25, -0.2) is 18.9 Å². The summed E-state index contributed by atoms with van der Waals surface area (Å²) in [5.74, 6) is -1.92. The normalized spacial score (nSPS) is 11.8. The smallest absolute Gasteiger partial charge is 0.388 e. The van der Waals surface area contributed by atoms with E-state index in [0.29, 0.717) is 0 Å². The highest BCUT2D eigenvalue weighted by Gasteiger charge is 2.24. The lowest BCUT2D eigenvalue weighted by atomic mass is 10.2. The Morgan fingerprint density at radius 1 is 1.37 bits per heavy atom. The Hall–Kier alpha value is -2.26. The topological polar surface area (TPSA) is 66.2 Å². The fourth-order valence-corrected chi connectivity index (χ4v) is 2.59. The minimum Gasteiger partial charge on any atom is -0.463 e. The molecule has 2 aromatic rings. The lowest BCUT2D eigenvalue weighted by Crippen LogP contribution is -2.06. The van der Waals surface area contributed by atoms with Crippen LogP contribution in [0.2, 0.25) is 10.0 Å². The number of hydrogen-bond donors (Lipinski definition) is 0. The maximum Gasteiger partial charge on any atom is 0.388 e. The average Bonchev–Trinajstić information content (AvgIpc) is 2.85. The number of carbonyl (C=O) groups is 1. The molecule has 0 aliphatic carbocycles. The first kappa shape index (κ1) is 21.0. The van der Waals surface area contributed by atoms with Gasteiger partial charge in [0.1, 0.15) is 16.4 Å². The highest BCUT2D eigenvalue weighted by atomic mass is 35.5. The fraction of sp³-hybridized carbons (Fsp3) is 0.312. The Kier molecular flexibility index (Phi) is 6.72. The van der Waals surface area contributed by atoms with Crippen LogP contribution in [0.3, 0.4) is 0 Å². The quantitative estimate of drug-likeness (QED) is 0.505. The molecule has 0 radical (unpaired) electrons. The van der Waals surface area contributed by atoms with Crippen LogP contribution in [0.5, 0.6) is 5.88 Å². The molecule has 0 bridgehead atoms. The summed E-state index contributed by atoms with van der Waals surface area (Å²) in [4.78, 5) is 15.8. The lowest BCUT2D eigenvalue weighted by Gasteiger charge is -2.06. The number of ether oxygens (including phenoxy) is 2. The number of alkyl halides is 2. The number of halogens is 5. The summed E-state index contributed by atoms with van der Waals surface area (Å²) in [6.07, 6.45) is 1.30. The molecule has 0 spiro atoms. The number of carbonyl (C=O) groups excluding carboxylic acids is 1. The van der Waals surface area contributed by atoms with Gasteiger partial charge in [-0.3, -0.25) is 0 Å². The van der Waals surface area contributed by atoms with Crippen molar-refractivity contribution in [2.75, 3.05) is 6.61 Å². The van der Waals surface area contributed by atoms with Crippen molar-refractivity contribution in [2.45, 2.75) is 20.5 Å². The molecule has 2 heterocycles. The van der Waals surface area contributed by atoms with Crippen LogP contribution in [0.4, 0.5) is 13.2 Å². The van der Waals surface area contributed by atoms with Crippen molar-refractivity contribution < 1.29 is 27.4 Å².